The summed E-state index contributed by atoms with van der Waals surface area (Å²) in [6.07, 6.45) is -0.367. The molecule has 1 atom stereocenters. The normalized spacial score (nSPS) is 13.0. The van der Waals surface area contributed by atoms with Gasteiger partial charge in [0.05, 0.1) is 11.9 Å². The summed E-state index contributed by atoms with van der Waals surface area (Å²) in [4.78, 5) is 0. The third-order valence-corrected chi connectivity index (χ3v) is 4.76. The predicted molar refractivity (Wildman–Crippen MR) is 88.1 cm³/mol. The molecular formula is C16H18ClNO3S. The van der Waals surface area contributed by atoms with Crippen LogP contribution >= 0.6 is 11.6 Å². The predicted octanol–water partition coefficient (Wildman–Crippen LogP) is 2.88. The lowest BCUT2D eigenvalue weighted by atomic mass is 10.1. The van der Waals surface area contributed by atoms with Crippen LogP contribution in [0.2, 0.25) is 5.02 Å². The second kappa shape index (κ2) is 7.74. The van der Waals surface area contributed by atoms with Crippen LogP contribution < -0.4 is 4.72 Å². The van der Waals surface area contributed by atoms with Crippen molar-refractivity contribution in [1.82, 2.24) is 4.72 Å². The van der Waals surface area contributed by atoms with Gasteiger partial charge in [0.1, 0.15) is 0 Å². The minimum Gasteiger partial charge on any atom is -0.388 e. The fourth-order valence-corrected chi connectivity index (χ4v) is 3.45. The van der Waals surface area contributed by atoms with Crippen molar-refractivity contribution in [3.05, 3.63) is 70.7 Å². The van der Waals surface area contributed by atoms with Gasteiger partial charge in [-0.2, -0.15) is 0 Å². The Morgan fingerprint density at radius 3 is 2.50 bits per heavy atom. The molecule has 22 heavy (non-hydrogen) atoms. The van der Waals surface area contributed by atoms with Gasteiger partial charge in [0, 0.05) is 11.6 Å². The van der Waals surface area contributed by atoms with Gasteiger partial charge in [-0.1, -0.05) is 54.1 Å². The van der Waals surface area contributed by atoms with Gasteiger partial charge >= 0.3 is 0 Å². The van der Waals surface area contributed by atoms with Crippen LogP contribution in [0, 0.1) is 0 Å². The summed E-state index contributed by atoms with van der Waals surface area (Å²) in [5.41, 5.74) is 1.40. The number of hydrogen-bond donors (Lipinski definition) is 2. The van der Waals surface area contributed by atoms with Gasteiger partial charge in [-0.3, -0.25) is 0 Å². The topological polar surface area (TPSA) is 66.4 Å². The monoisotopic (exact) mass is 339 g/mol. The Morgan fingerprint density at radius 1 is 1.09 bits per heavy atom. The first kappa shape index (κ1) is 17.0. The lowest BCUT2D eigenvalue weighted by Crippen LogP contribution is -2.27. The number of halogens is 1. The average Bonchev–Trinajstić information content (AvgIpc) is 2.47. The van der Waals surface area contributed by atoms with E-state index in [0.29, 0.717) is 17.0 Å². The molecule has 0 fully saturated rings. The fraction of sp³-hybridized carbons (Fsp3) is 0.250. The summed E-state index contributed by atoms with van der Waals surface area (Å²) in [7, 11) is -3.45. The van der Waals surface area contributed by atoms with Crippen molar-refractivity contribution in [2.24, 2.45) is 0 Å². The number of aliphatic hydroxyl groups excluding tert-OH is 1. The molecule has 0 saturated carbocycles. The highest BCUT2D eigenvalue weighted by atomic mass is 35.5. The quantitative estimate of drug-likeness (QED) is 0.815. The Bertz CT molecular complexity index is 704. The van der Waals surface area contributed by atoms with E-state index in [9.17, 15) is 13.5 Å². The summed E-state index contributed by atoms with van der Waals surface area (Å²) in [6, 6.07) is 15.9. The van der Waals surface area contributed by atoms with Gasteiger partial charge in [-0.15, -0.1) is 0 Å². The number of aliphatic hydroxyl groups is 1. The molecule has 2 aromatic rings. The molecule has 0 aliphatic carbocycles. The molecule has 0 aliphatic rings. The van der Waals surface area contributed by atoms with Crippen molar-refractivity contribution < 1.29 is 13.5 Å². The number of benzene rings is 2. The average molecular weight is 340 g/mol. The Morgan fingerprint density at radius 2 is 1.82 bits per heavy atom. The molecular weight excluding hydrogens is 322 g/mol. The van der Waals surface area contributed by atoms with Gasteiger partial charge in [0.15, 0.2) is 0 Å². The van der Waals surface area contributed by atoms with E-state index in [0.717, 1.165) is 5.56 Å². The van der Waals surface area contributed by atoms with Gasteiger partial charge in [0.2, 0.25) is 10.0 Å². The molecule has 0 bridgehead atoms. The first-order chi connectivity index (χ1) is 10.5. The lowest BCUT2D eigenvalue weighted by molar-refractivity contribution is 0.169. The van der Waals surface area contributed by atoms with Gasteiger partial charge in [0.25, 0.3) is 0 Å². The minimum absolute atomic E-state index is 0.130. The number of nitrogens with one attached hydrogen (secondary N) is 1. The van der Waals surface area contributed by atoms with Gasteiger partial charge < -0.3 is 5.11 Å². The number of hydrogen-bond acceptors (Lipinski definition) is 3. The summed E-state index contributed by atoms with van der Waals surface area (Å²) in [5, 5.41) is 10.5. The molecule has 0 heterocycles. The Hall–Kier alpha value is -1.40. The largest absolute Gasteiger partial charge is 0.388 e. The van der Waals surface area contributed by atoms with E-state index >= 15 is 0 Å². The Kier molecular flexibility index (Phi) is 5.97. The summed E-state index contributed by atoms with van der Waals surface area (Å²) >= 11 is 5.84. The highest BCUT2D eigenvalue weighted by Crippen LogP contribution is 2.16. The van der Waals surface area contributed by atoms with Crippen LogP contribution in [0.5, 0.6) is 0 Å². The SMILES string of the molecule is O=S(=O)(Cc1cccc(Cl)c1)NCCC(O)c1ccccc1. The van der Waals surface area contributed by atoms with Crippen LogP contribution in [0.25, 0.3) is 0 Å². The highest BCUT2D eigenvalue weighted by Gasteiger charge is 2.13. The Labute approximate surface area is 135 Å². The maximum absolute atomic E-state index is 12.0. The van der Waals surface area contributed by atoms with Crippen molar-refractivity contribution in [2.45, 2.75) is 18.3 Å². The van der Waals surface area contributed by atoms with E-state index in [1.165, 1.54) is 0 Å². The van der Waals surface area contributed by atoms with Crippen molar-refractivity contribution >= 4 is 21.6 Å². The third kappa shape index (κ3) is 5.42. The molecule has 0 amide bonds. The second-order valence-corrected chi connectivity index (χ2v) is 7.24. The van der Waals surface area contributed by atoms with Crippen LogP contribution in [0.15, 0.2) is 54.6 Å². The fourth-order valence-electron chi connectivity index (χ4n) is 2.09. The zero-order valence-corrected chi connectivity index (χ0v) is 13.5. The van der Waals surface area contributed by atoms with Gasteiger partial charge in [-0.25, -0.2) is 13.1 Å². The number of sulfonamides is 1. The Balaban J connectivity index is 1.85. The molecule has 118 valence electrons. The van der Waals surface area contributed by atoms with Crippen LogP contribution in [0.3, 0.4) is 0 Å². The van der Waals surface area contributed by atoms with Crippen molar-refractivity contribution in [1.29, 1.82) is 0 Å². The summed E-state index contributed by atoms with van der Waals surface area (Å²) in [6.45, 7) is 0.180. The molecule has 1 unspecified atom stereocenters. The maximum atomic E-state index is 12.0. The zero-order valence-electron chi connectivity index (χ0n) is 11.9. The molecule has 0 radical (unpaired) electrons. The van der Waals surface area contributed by atoms with E-state index in [1.807, 2.05) is 30.3 Å². The summed E-state index contributed by atoms with van der Waals surface area (Å²) in [5.74, 6) is -0.130. The molecule has 2 rings (SSSR count). The standard InChI is InChI=1S/C16H18ClNO3S/c17-15-8-4-5-13(11-15)12-22(20,21)18-10-9-16(19)14-6-2-1-3-7-14/h1-8,11,16,18-19H,9-10,12H2. The highest BCUT2D eigenvalue weighted by molar-refractivity contribution is 7.88. The second-order valence-electron chi connectivity index (χ2n) is 5.00. The number of rotatable bonds is 7. The van der Waals surface area contributed by atoms with Crippen LogP contribution in [0.1, 0.15) is 23.7 Å². The van der Waals surface area contributed by atoms with Gasteiger partial charge in [-0.05, 0) is 29.7 Å². The zero-order chi connectivity index (χ0) is 16.0. The van der Waals surface area contributed by atoms with Crippen molar-refractivity contribution in [3.8, 4) is 0 Å². The van der Waals surface area contributed by atoms with Crippen LogP contribution in [-0.2, 0) is 15.8 Å². The molecule has 4 nitrogen and oxygen atoms in total. The van der Waals surface area contributed by atoms with Crippen molar-refractivity contribution in [3.63, 3.8) is 0 Å². The molecule has 6 heteroatoms. The minimum atomic E-state index is -3.45. The first-order valence-electron chi connectivity index (χ1n) is 6.91. The van der Waals surface area contributed by atoms with Crippen molar-refractivity contribution in [2.75, 3.05) is 6.54 Å². The molecule has 0 spiro atoms. The maximum Gasteiger partial charge on any atom is 0.215 e. The van der Waals surface area contributed by atoms with E-state index in [1.54, 1.807) is 24.3 Å². The molecule has 0 saturated heterocycles. The molecule has 2 N–H and O–H groups in total. The lowest BCUT2D eigenvalue weighted by Gasteiger charge is -2.12. The molecule has 2 aromatic carbocycles. The smallest absolute Gasteiger partial charge is 0.215 e. The summed E-state index contributed by atoms with van der Waals surface area (Å²) < 4.78 is 26.5. The van der Waals surface area contributed by atoms with E-state index in [2.05, 4.69) is 4.72 Å². The van der Waals surface area contributed by atoms with E-state index in [4.69, 9.17) is 11.6 Å². The first-order valence-corrected chi connectivity index (χ1v) is 8.94. The van der Waals surface area contributed by atoms with E-state index < -0.39 is 16.1 Å². The van der Waals surface area contributed by atoms with Crippen LogP contribution in [-0.4, -0.2) is 20.1 Å². The van der Waals surface area contributed by atoms with Crippen LogP contribution in [0.4, 0.5) is 0 Å². The molecule has 0 aromatic heterocycles. The third-order valence-electron chi connectivity index (χ3n) is 3.17. The van der Waals surface area contributed by atoms with E-state index in [-0.39, 0.29) is 12.3 Å². The molecule has 0 aliphatic heterocycles.